The van der Waals surface area contributed by atoms with E-state index in [9.17, 15) is 4.79 Å². The minimum atomic E-state index is -0.0622. The molecule has 17 heavy (non-hydrogen) atoms. The van der Waals surface area contributed by atoms with Gasteiger partial charge in [0, 0.05) is 39.6 Å². The van der Waals surface area contributed by atoms with E-state index in [0.29, 0.717) is 0 Å². The Kier molecular flexibility index (Phi) is 5.15. The topological polar surface area (TPSA) is 41.4 Å². The molecule has 0 aliphatic carbocycles. The molecule has 1 atom stereocenters. The van der Waals surface area contributed by atoms with Crippen LogP contribution in [0.2, 0.25) is 0 Å². The lowest BCUT2D eigenvalue weighted by atomic mass is 10.2. The Bertz CT molecular complexity index is 334. The van der Waals surface area contributed by atoms with Crippen LogP contribution in [0.1, 0.15) is 13.3 Å². The quantitative estimate of drug-likeness (QED) is 0.732. The molecule has 0 aromatic carbocycles. The Labute approximate surface area is 103 Å². The van der Waals surface area contributed by atoms with E-state index in [-0.39, 0.29) is 11.9 Å². The van der Waals surface area contributed by atoms with Crippen LogP contribution in [0.15, 0.2) is 18.7 Å². The van der Waals surface area contributed by atoms with Gasteiger partial charge in [-0.05, 0) is 20.4 Å². The first-order valence-electron chi connectivity index (χ1n) is 5.89. The summed E-state index contributed by atoms with van der Waals surface area (Å²) in [5, 5.41) is 0. The van der Waals surface area contributed by atoms with E-state index in [4.69, 9.17) is 0 Å². The van der Waals surface area contributed by atoms with E-state index < -0.39 is 0 Å². The van der Waals surface area contributed by atoms with E-state index in [1.54, 1.807) is 25.2 Å². The molecule has 0 unspecified atom stereocenters. The molecule has 1 amide bonds. The van der Waals surface area contributed by atoms with E-state index >= 15 is 0 Å². The molecule has 0 radical (unpaired) electrons. The van der Waals surface area contributed by atoms with Crippen LogP contribution in [0, 0.1) is 0 Å². The number of hydrogen-bond donors (Lipinski definition) is 0. The van der Waals surface area contributed by atoms with Crippen molar-refractivity contribution in [3.8, 4) is 0 Å². The number of likely N-dealkylation sites (N-methyl/N-ethyl adjacent to an activating group) is 2. The summed E-state index contributed by atoms with van der Waals surface area (Å²) >= 11 is 0. The summed E-state index contributed by atoms with van der Waals surface area (Å²) in [7, 11) is 5.57. The maximum Gasteiger partial charge on any atom is 0.239 e. The lowest BCUT2D eigenvalue weighted by molar-refractivity contribution is -0.133. The van der Waals surface area contributed by atoms with Crippen molar-refractivity contribution in [1.29, 1.82) is 0 Å². The van der Waals surface area contributed by atoms with Gasteiger partial charge in [0.15, 0.2) is 0 Å². The molecule has 0 fully saturated rings. The van der Waals surface area contributed by atoms with Crippen LogP contribution in [0.5, 0.6) is 0 Å². The maximum absolute atomic E-state index is 11.7. The van der Waals surface area contributed by atoms with Crippen molar-refractivity contribution in [3.05, 3.63) is 18.7 Å². The zero-order valence-electron chi connectivity index (χ0n) is 11.1. The molecular formula is C12H22N4O. The average Bonchev–Trinajstić information content (AvgIpc) is 2.79. The number of nitrogens with zero attached hydrogens (tertiary/aromatic N) is 4. The highest BCUT2D eigenvalue weighted by Gasteiger charge is 2.18. The molecule has 5 nitrogen and oxygen atoms in total. The monoisotopic (exact) mass is 238 g/mol. The maximum atomic E-state index is 11.7. The van der Waals surface area contributed by atoms with Crippen LogP contribution >= 0.6 is 0 Å². The van der Waals surface area contributed by atoms with Gasteiger partial charge in [-0.25, -0.2) is 4.98 Å². The summed E-state index contributed by atoms with van der Waals surface area (Å²) in [5.41, 5.74) is 0. The number of hydrogen-bond acceptors (Lipinski definition) is 3. The number of carbonyl (C=O) groups is 1. The third-order valence-electron chi connectivity index (χ3n) is 2.95. The fourth-order valence-corrected chi connectivity index (χ4v) is 1.68. The van der Waals surface area contributed by atoms with Crippen LogP contribution < -0.4 is 0 Å². The Hall–Kier alpha value is -1.36. The van der Waals surface area contributed by atoms with Crippen LogP contribution in [0.3, 0.4) is 0 Å². The molecule has 1 aromatic heterocycles. The summed E-state index contributed by atoms with van der Waals surface area (Å²) in [6.07, 6.45) is 6.56. The molecule has 0 bridgehead atoms. The van der Waals surface area contributed by atoms with Gasteiger partial charge in [0.1, 0.15) is 0 Å². The zero-order valence-corrected chi connectivity index (χ0v) is 11.1. The SMILES string of the molecule is C[C@@H](C(=O)N(C)C)N(C)CCCn1ccnc1. The first-order chi connectivity index (χ1) is 8.02. The van der Waals surface area contributed by atoms with Gasteiger partial charge in [-0.1, -0.05) is 0 Å². The number of carbonyl (C=O) groups excluding carboxylic acids is 1. The van der Waals surface area contributed by atoms with Gasteiger partial charge in [-0.15, -0.1) is 0 Å². The first kappa shape index (κ1) is 13.7. The lowest BCUT2D eigenvalue weighted by Crippen LogP contribution is -2.43. The Morgan fingerprint density at radius 2 is 2.12 bits per heavy atom. The van der Waals surface area contributed by atoms with E-state index in [1.807, 2.05) is 31.1 Å². The van der Waals surface area contributed by atoms with Gasteiger partial charge in [0.2, 0.25) is 5.91 Å². The van der Waals surface area contributed by atoms with Gasteiger partial charge in [0.05, 0.1) is 12.4 Å². The van der Waals surface area contributed by atoms with E-state index in [2.05, 4.69) is 9.88 Å². The largest absolute Gasteiger partial charge is 0.347 e. The second-order valence-corrected chi connectivity index (χ2v) is 4.54. The van der Waals surface area contributed by atoms with Crippen LogP contribution in [0.4, 0.5) is 0 Å². The predicted octanol–water partition coefficient (Wildman–Crippen LogP) is 0.682. The van der Waals surface area contributed by atoms with Crippen molar-refractivity contribution >= 4 is 5.91 Å². The number of aromatic nitrogens is 2. The van der Waals surface area contributed by atoms with Crippen molar-refractivity contribution in [1.82, 2.24) is 19.4 Å². The highest BCUT2D eigenvalue weighted by molar-refractivity contribution is 5.80. The summed E-state index contributed by atoms with van der Waals surface area (Å²) in [6, 6.07) is -0.0622. The van der Waals surface area contributed by atoms with Crippen LogP contribution in [0.25, 0.3) is 0 Å². The molecule has 0 N–H and O–H groups in total. The third-order valence-corrected chi connectivity index (χ3v) is 2.95. The van der Waals surface area contributed by atoms with Crippen molar-refractivity contribution < 1.29 is 4.79 Å². The lowest BCUT2D eigenvalue weighted by Gasteiger charge is -2.26. The molecular weight excluding hydrogens is 216 g/mol. The van der Waals surface area contributed by atoms with E-state index in [0.717, 1.165) is 19.5 Å². The number of aryl methyl sites for hydroxylation is 1. The smallest absolute Gasteiger partial charge is 0.239 e. The molecule has 0 aliphatic rings. The summed E-state index contributed by atoms with van der Waals surface area (Å²) in [4.78, 5) is 19.5. The molecule has 96 valence electrons. The number of imidazole rings is 1. The number of amides is 1. The fraction of sp³-hybridized carbons (Fsp3) is 0.667. The van der Waals surface area contributed by atoms with Crippen molar-refractivity contribution in [3.63, 3.8) is 0 Å². The molecule has 0 saturated carbocycles. The van der Waals surface area contributed by atoms with Crippen molar-refractivity contribution in [2.75, 3.05) is 27.7 Å². The fourth-order valence-electron chi connectivity index (χ4n) is 1.68. The summed E-state index contributed by atoms with van der Waals surface area (Å²) in [5.74, 6) is 0.148. The first-order valence-corrected chi connectivity index (χ1v) is 5.89. The van der Waals surface area contributed by atoms with Crippen LogP contribution in [-0.2, 0) is 11.3 Å². The second kappa shape index (κ2) is 6.39. The van der Waals surface area contributed by atoms with Gasteiger partial charge in [-0.2, -0.15) is 0 Å². The van der Waals surface area contributed by atoms with Crippen molar-refractivity contribution in [2.24, 2.45) is 0 Å². The predicted molar refractivity (Wildman–Crippen MR) is 67.6 cm³/mol. The number of rotatable bonds is 6. The second-order valence-electron chi connectivity index (χ2n) is 4.54. The van der Waals surface area contributed by atoms with Crippen LogP contribution in [-0.4, -0.2) is 59.0 Å². The molecule has 1 rings (SSSR count). The standard InChI is InChI=1S/C12H22N4O/c1-11(12(17)14(2)3)15(4)7-5-8-16-9-6-13-10-16/h6,9-11H,5,7-8H2,1-4H3/t11-/m0/s1. The average molecular weight is 238 g/mol. The third kappa shape index (κ3) is 4.19. The van der Waals surface area contributed by atoms with Gasteiger partial charge < -0.3 is 9.47 Å². The highest BCUT2D eigenvalue weighted by atomic mass is 16.2. The summed E-state index contributed by atoms with van der Waals surface area (Å²) < 4.78 is 2.05. The molecule has 5 heteroatoms. The van der Waals surface area contributed by atoms with E-state index in [1.165, 1.54) is 0 Å². The molecule has 1 aromatic rings. The van der Waals surface area contributed by atoms with Gasteiger partial charge >= 0.3 is 0 Å². The minimum Gasteiger partial charge on any atom is -0.347 e. The molecule has 1 heterocycles. The normalized spacial score (nSPS) is 12.8. The van der Waals surface area contributed by atoms with Gasteiger partial charge in [0.25, 0.3) is 0 Å². The molecule has 0 spiro atoms. The Morgan fingerprint density at radius 3 is 2.65 bits per heavy atom. The highest BCUT2D eigenvalue weighted by Crippen LogP contribution is 2.01. The van der Waals surface area contributed by atoms with Gasteiger partial charge in [-0.3, -0.25) is 9.69 Å². The Balaban J connectivity index is 2.29. The molecule has 0 saturated heterocycles. The molecule has 0 aliphatic heterocycles. The summed E-state index contributed by atoms with van der Waals surface area (Å²) in [6.45, 7) is 3.78. The minimum absolute atomic E-state index is 0.0622. The Morgan fingerprint density at radius 1 is 1.41 bits per heavy atom. The zero-order chi connectivity index (χ0) is 12.8. The van der Waals surface area contributed by atoms with Crippen molar-refractivity contribution in [2.45, 2.75) is 25.9 Å².